The number of nitrogens with zero attached hydrogens (tertiary/aromatic N) is 3. The Morgan fingerprint density at radius 3 is 2.94 bits per heavy atom. The number of fused-ring (bicyclic) bond motifs is 4. The molecule has 3 atom stereocenters. The summed E-state index contributed by atoms with van der Waals surface area (Å²) in [6.45, 7) is 4.53. The molecule has 3 unspecified atom stereocenters. The van der Waals surface area contributed by atoms with E-state index in [1.165, 1.54) is 12.8 Å². The first kappa shape index (κ1) is 18.6. The smallest absolute Gasteiger partial charge is 0.270 e. The normalized spacial score (nSPS) is 33.2. The minimum atomic E-state index is -0.732. The number of H-pyrrole nitrogens is 1. The molecule has 2 aromatic rings. The molecule has 1 amide bonds. The molecule has 0 radical (unpaired) electrons. The average Bonchev–Trinajstić information content (AvgIpc) is 3.41. The Kier molecular flexibility index (Phi) is 4.56. The Morgan fingerprint density at radius 1 is 1.26 bits per heavy atom. The second-order valence-electron chi connectivity index (χ2n) is 9.68. The van der Waals surface area contributed by atoms with Crippen molar-refractivity contribution in [3.63, 3.8) is 0 Å². The standard InChI is InChI=1S/C24H33N5O2/c1-31-13-12-28-16-22-18-15-27(23(30)21-14-17-4-2-3-5-19(17)25-21)10-6-20(18)26-29(22)11-9-24(28)7-8-24/h2-5,14,18,20,22,25-26H,6-13,15-16H2,1H3/i22D. The summed E-state index contributed by atoms with van der Waals surface area (Å²) < 4.78 is 15.0. The third-order valence-electron chi connectivity index (χ3n) is 7.97. The number of hydrazine groups is 1. The van der Waals surface area contributed by atoms with E-state index in [9.17, 15) is 6.17 Å². The number of hydrogen-bond donors (Lipinski definition) is 2. The first-order chi connectivity index (χ1) is 15.5. The van der Waals surface area contributed by atoms with Crippen molar-refractivity contribution >= 4 is 16.8 Å². The van der Waals surface area contributed by atoms with Gasteiger partial charge in [0.15, 0.2) is 0 Å². The molecular formula is C24H33N5O2. The Hall–Kier alpha value is -1.93. The van der Waals surface area contributed by atoms with Gasteiger partial charge in [0.2, 0.25) is 0 Å². The van der Waals surface area contributed by atoms with E-state index in [1.807, 2.05) is 35.2 Å². The molecule has 31 heavy (non-hydrogen) atoms. The van der Waals surface area contributed by atoms with Gasteiger partial charge in [-0.15, -0.1) is 0 Å². The number of para-hydroxylation sites is 1. The number of rotatable bonds is 4. The van der Waals surface area contributed by atoms with Crippen molar-refractivity contribution in [3.8, 4) is 0 Å². The van der Waals surface area contributed by atoms with Crippen molar-refractivity contribution < 1.29 is 10.9 Å². The van der Waals surface area contributed by atoms with E-state index in [4.69, 9.17) is 4.74 Å². The van der Waals surface area contributed by atoms with Gasteiger partial charge < -0.3 is 14.6 Å². The lowest BCUT2D eigenvalue weighted by Gasteiger charge is -2.38. The number of hydrogen-bond acceptors (Lipinski definition) is 5. The van der Waals surface area contributed by atoms with E-state index in [-0.39, 0.29) is 23.4 Å². The number of aromatic amines is 1. The van der Waals surface area contributed by atoms with Crippen LogP contribution in [0, 0.1) is 5.92 Å². The molecule has 3 aliphatic heterocycles. The van der Waals surface area contributed by atoms with Gasteiger partial charge in [-0.05, 0) is 37.8 Å². The highest BCUT2D eigenvalue weighted by molar-refractivity contribution is 5.98. The molecule has 1 aromatic heterocycles. The molecule has 7 heteroatoms. The number of methoxy groups -OCH3 is 1. The number of amides is 1. The molecule has 4 fully saturated rings. The molecule has 1 spiro atoms. The molecule has 166 valence electrons. The number of carbonyl (C=O) groups excluding carboxylic acids is 1. The summed E-state index contributed by atoms with van der Waals surface area (Å²) in [5.74, 6) is 0.133. The van der Waals surface area contributed by atoms with Crippen molar-refractivity contribution in [1.29, 1.82) is 0 Å². The lowest BCUT2D eigenvalue weighted by Crippen LogP contribution is -2.51. The molecule has 3 saturated heterocycles. The van der Waals surface area contributed by atoms with Gasteiger partial charge in [0, 0.05) is 75.6 Å². The minimum absolute atomic E-state index is 0.0465. The van der Waals surface area contributed by atoms with Gasteiger partial charge in [-0.1, -0.05) is 18.2 Å². The highest BCUT2D eigenvalue weighted by Crippen LogP contribution is 2.47. The van der Waals surface area contributed by atoms with Crippen molar-refractivity contribution in [2.24, 2.45) is 5.92 Å². The first-order valence-corrected chi connectivity index (χ1v) is 11.7. The maximum Gasteiger partial charge on any atom is 0.270 e. The van der Waals surface area contributed by atoms with E-state index < -0.39 is 6.02 Å². The second kappa shape index (κ2) is 7.59. The van der Waals surface area contributed by atoms with Gasteiger partial charge in [-0.2, -0.15) is 0 Å². The summed E-state index contributed by atoms with van der Waals surface area (Å²) in [7, 11) is 1.75. The van der Waals surface area contributed by atoms with E-state index in [2.05, 4.69) is 20.3 Å². The van der Waals surface area contributed by atoms with Gasteiger partial charge in [0.05, 0.1) is 6.61 Å². The van der Waals surface area contributed by atoms with Crippen LogP contribution in [-0.2, 0) is 4.74 Å². The van der Waals surface area contributed by atoms with Crippen LogP contribution in [0.2, 0.25) is 0 Å². The highest BCUT2D eigenvalue weighted by atomic mass is 16.5. The van der Waals surface area contributed by atoms with E-state index >= 15 is 0 Å². The zero-order valence-corrected chi connectivity index (χ0v) is 18.3. The van der Waals surface area contributed by atoms with Crippen LogP contribution >= 0.6 is 0 Å². The summed E-state index contributed by atoms with van der Waals surface area (Å²) in [4.78, 5) is 21.2. The molecule has 2 N–H and O–H groups in total. The molecule has 7 nitrogen and oxygen atoms in total. The Bertz CT molecular complexity index is 990. The van der Waals surface area contributed by atoms with Gasteiger partial charge in [-0.25, -0.2) is 5.01 Å². The zero-order valence-electron chi connectivity index (χ0n) is 19.3. The molecule has 0 bridgehead atoms. The maximum atomic E-state index is 13.4. The fourth-order valence-electron chi connectivity index (χ4n) is 5.95. The van der Waals surface area contributed by atoms with Crippen molar-refractivity contribution in [1.82, 2.24) is 25.2 Å². The number of benzene rings is 1. The molecule has 1 aromatic carbocycles. The van der Waals surface area contributed by atoms with Crippen LogP contribution in [0.25, 0.3) is 10.9 Å². The lowest BCUT2D eigenvalue weighted by molar-refractivity contribution is 0.0604. The summed E-state index contributed by atoms with van der Waals surface area (Å²) >= 11 is 0. The number of piperidine rings is 1. The minimum Gasteiger partial charge on any atom is -0.383 e. The average molecular weight is 425 g/mol. The van der Waals surface area contributed by atoms with Gasteiger partial charge in [0.25, 0.3) is 5.91 Å². The third-order valence-corrected chi connectivity index (χ3v) is 7.97. The van der Waals surface area contributed by atoms with Crippen molar-refractivity contribution in [2.45, 2.75) is 43.3 Å². The monoisotopic (exact) mass is 424 g/mol. The van der Waals surface area contributed by atoms with Crippen LogP contribution in [0.3, 0.4) is 0 Å². The van der Waals surface area contributed by atoms with Gasteiger partial charge in [-0.3, -0.25) is 15.1 Å². The van der Waals surface area contributed by atoms with E-state index in [0.29, 0.717) is 25.4 Å². The first-order valence-electron chi connectivity index (χ1n) is 12.2. The molecule has 1 aliphatic carbocycles. The summed E-state index contributed by atoms with van der Waals surface area (Å²) in [5.41, 5.74) is 5.57. The predicted molar refractivity (Wildman–Crippen MR) is 120 cm³/mol. The molecule has 4 aliphatic rings. The molecule has 6 rings (SSSR count). The number of carbonyl (C=O) groups is 1. The van der Waals surface area contributed by atoms with Crippen LogP contribution in [-0.4, -0.2) is 89.7 Å². The van der Waals surface area contributed by atoms with Crippen LogP contribution in [0.4, 0.5) is 0 Å². The maximum absolute atomic E-state index is 13.4. The van der Waals surface area contributed by atoms with E-state index in [0.717, 1.165) is 43.4 Å². The quantitative estimate of drug-likeness (QED) is 0.787. The number of nitrogens with one attached hydrogen (secondary N) is 2. The Labute approximate surface area is 185 Å². The number of likely N-dealkylation sites (tertiary alicyclic amines) is 1. The van der Waals surface area contributed by atoms with Crippen LogP contribution in [0.1, 0.15) is 37.5 Å². The van der Waals surface area contributed by atoms with Crippen molar-refractivity contribution in [3.05, 3.63) is 36.0 Å². The highest BCUT2D eigenvalue weighted by Gasteiger charge is 2.54. The Morgan fingerprint density at radius 2 is 2.13 bits per heavy atom. The fraction of sp³-hybridized carbons (Fsp3) is 0.625. The summed E-state index contributed by atoms with van der Waals surface area (Å²) in [5, 5.41) is 3.26. The fourth-order valence-corrected chi connectivity index (χ4v) is 5.95. The van der Waals surface area contributed by atoms with Crippen molar-refractivity contribution in [2.75, 3.05) is 46.4 Å². The largest absolute Gasteiger partial charge is 0.383 e. The SMILES string of the molecule is [2H]C12CN(CCOC)C3(CCN1NC1CCN(C(=O)c4cc5ccccc5[nH]4)CC12)CC3. The summed E-state index contributed by atoms with van der Waals surface area (Å²) in [6.07, 6.45) is 4.43. The topological polar surface area (TPSA) is 63.8 Å². The van der Waals surface area contributed by atoms with Gasteiger partial charge in [0.1, 0.15) is 5.69 Å². The second-order valence-corrected chi connectivity index (χ2v) is 9.68. The summed E-state index contributed by atoms with van der Waals surface area (Å²) in [6, 6.07) is 9.49. The zero-order chi connectivity index (χ0) is 21.9. The molecular weight excluding hydrogens is 390 g/mol. The van der Waals surface area contributed by atoms with Crippen LogP contribution in [0.5, 0.6) is 0 Å². The number of aromatic nitrogens is 1. The third kappa shape index (κ3) is 3.39. The molecule has 4 heterocycles. The van der Waals surface area contributed by atoms with E-state index in [1.54, 1.807) is 7.11 Å². The predicted octanol–water partition coefficient (Wildman–Crippen LogP) is 2.07. The number of ether oxygens (including phenoxy) is 1. The molecule has 1 saturated carbocycles. The Balaban J connectivity index is 1.24. The van der Waals surface area contributed by atoms with Crippen LogP contribution in [0.15, 0.2) is 30.3 Å². The lowest BCUT2D eigenvalue weighted by atomic mass is 9.87. The van der Waals surface area contributed by atoms with Gasteiger partial charge >= 0.3 is 0 Å². The van der Waals surface area contributed by atoms with Crippen LogP contribution < -0.4 is 5.43 Å².